The zero-order valence-corrected chi connectivity index (χ0v) is 34.6. The Labute approximate surface area is 365 Å². The monoisotopic (exact) mass is 826 g/mol. The summed E-state index contributed by atoms with van der Waals surface area (Å²) in [5, 5.41) is 4.34. The molecule has 5 heterocycles. The normalized spacial score (nSPS) is 12.6. The van der Waals surface area contributed by atoms with Crippen molar-refractivity contribution in [1.29, 1.82) is 0 Å². The molecule has 0 N–H and O–H groups in total. The second kappa shape index (κ2) is 14.3. The number of benzene rings is 7. The van der Waals surface area contributed by atoms with Crippen LogP contribution in [0.4, 0.5) is 0 Å². The van der Waals surface area contributed by atoms with Crippen molar-refractivity contribution in [3.05, 3.63) is 187 Å². The molecule has 7 nitrogen and oxygen atoms in total. The van der Waals surface area contributed by atoms with Gasteiger partial charge >= 0.3 is 0 Å². The molecule has 1 aliphatic carbocycles. The van der Waals surface area contributed by atoms with Gasteiger partial charge in [-0.05, 0) is 66.9 Å². The van der Waals surface area contributed by atoms with Crippen LogP contribution in [0, 0.1) is 0 Å². The molecule has 5 aromatic heterocycles. The zero-order valence-electron chi connectivity index (χ0n) is 33.7. The number of fused-ring (bicyclic) bond motifs is 9. The highest BCUT2D eigenvalue weighted by Crippen LogP contribution is 2.42. The summed E-state index contributed by atoms with van der Waals surface area (Å²) < 4.78 is 11.5. The Balaban J connectivity index is 0.976. The lowest BCUT2D eigenvalue weighted by Crippen LogP contribution is -2.01. The number of thiophene rings is 1. The molecule has 0 spiro atoms. The lowest BCUT2D eigenvalue weighted by molar-refractivity contribution is 0.669. The van der Waals surface area contributed by atoms with Crippen LogP contribution in [0.1, 0.15) is 17.7 Å². The number of hydrogen-bond donors (Lipinski definition) is 0. The van der Waals surface area contributed by atoms with Crippen molar-refractivity contribution in [3.63, 3.8) is 0 Å². The summed E-state index contributed by atoms with van der Waals surface area (Å²) in [6, 6.07) is 58.6. The maximum Gasteiger partial charge on any atom is 0.167 e. The summed E-state index contributed by atoms with van der Waals surface area (Å²) >= 11 is 1.73. The molecule has 0 unspecified atom stereocenters. The van der Waals surface area contributed by atoms with E-state index in [-0.39, 0.29) is 0 Å². The number of para-hydroxylation sites is 2. The summed E-state index contributed by atoms with van der Waals surface area (Å²) in [7, 11) is 0. The summed E-state index contributed by atoms with van der Waals surface area (Å²) in [5.41, 5.74) is 12.7. The molecule has 0 amide bonds. The van der Waals surface area contributed by atoms with Crippen LogP contribution in [0.15, 0.2) is 180 Å². The van der Waals surface area contributed by atoms with Crippen molar-refractivity contribution in [3.8, 4) is 62.5 Å². The maximum absolute atomic E-state index is 6.85. The Bertz CT molecular complexity index is 3790. The SMILES string of the molecule is C1=Cc2c(c3ccc(-c4nc(-c5ccccc5)nc(-c5cccc6c5oc5cc(-c7nc(-c8ccccc8)c8sc9ccccc9c8n7)ccc56)n4)cc3n2-c2ccccc2)CC1. The number of nitrogens with zero attached hydrogens (tertiary/aromatic N) is 6. The minimum absolute atomic E-state index is 0.537. The lowest BCUT2D eigenvalue weighted by Gasteiger charge is -2.12. The Morgan fingerprint density at radius 3 is 2.00 bits per heavy atom. The van der Waals surface area contributed by atoms with Gasteiger partial charge in [0.05, 0.1) is 27.0 Å². The van der Waals surface area contributed by atoms with E-state index in [2.05, 4.69) is 138 Å². The second-order valence-electron chi connectivity index (χ2n) is 15.9. The molecule has 13 rings (SSSR count). The van der Waals surface area contributed by atoms with E-state index >= 15 is 0 Å². The quantitative estimate of drug-likeness (QED) is 0.166. The summed E-state index contributed by atoms with van der Waals surface area (Å²) in [6.07, 6.45) is 6.56. The minimum Gasteiger partial charge on any atom is -0.455 e. The average Bonchev–Trinajstić information content (AvgIpc) is 4.03. The molecule has 296 valence electrons. The van der Waals surface area contributed by atoms with Crippen molar-refractivity contribution >= 4 is 70.6 Å². The predicted octanol–water partition coefficient (Wildman–Crippen LogP) is 14.2. The fourth-order valence-corrected chi connectivity index (χ4v) is 10.4. The molecule has 0 bridgehead atoms. The molecule has 0 radical (unpaired) electrons. The van der Waals surface area contributed by atoms with Crippen LogP contribution in [-0.4, -0.2) is 29.5 Å². The van der Waals surface area contributed by atoms with E-state index in [1.54, 1.807) is 11.3 Å². The van der Waals surface area contributed by atoms with Gasteiger partial charge in [0.2, 0.25) is 0 Å². The zero-order chi connectivity index (χ0) is 41.4. The average molecular weight is 827 g/mol. The molecule has 0 saturated carbocycles. The highest BCUT2D eigenvalue weighted by atomic mass is 32.1. The van der Waals surface area contributed by atoms with E-state index in [1.807, 2.05) is 48.5 Å². The van der Waals surface area contributed by atoms with E-state index in [4.69, 9.17) is 29.3 Å². The van der Waals surface area contributed by atoms with Gasteiger partial charge in [-0.15, -0.1) is 11.3 Å². The van der Waals surface area contributed by atoms with Crippen LogP contribution in [-0.2, 0) is 6.42 Å². The van der Waals surface area contributed by atoms with Gasteiger partial charge in [-0.1, -0.05) is 133 Å². The first kappa shape index (κ1) is 35.7. The van der Waals surface area contributed by atoms with Gasteiger partial charge in [0.15, 0.2) is 23.3 Å². The Morgan fingerprint density at radius 2 is 1.17 bits per heavy atom. The Kier molecular flexibility index (Phi) is 8.07. The number of rotatable bonds is 6. The third kappa shape index (κ3) is 5.83. The largest absolute Gasteiger partial charge is 0.455 e. The van der Waals surface area contributed by atoms with Crippen LogP contribution in [0.5, 0.6) is 0 Å². The van der Waals surface area contributed by atoms with Crippen LogP contribution in [0.25, 0.3) is 122 Å². The van der Waals surface area contributed by atoms with Gasteiger partial charge in [0.25, 0.3) is 0 Å². The van der Waals surface area contributed by atoms with Crippen LogP contribution >= 0.6 is 11.3 Å². The van der Waals surface area contributed by atoms with Crippen molar-refractivity contribution in [2.45, 2.75) is 12.8 Å². The molecule has 0 aliphatic heterocycles. The summed E-state index contributed by atoms with van der Waals surface area (Å²) in [4.78, 5) is 25.9. The van der Waals surface area contributed by atoms with E-state index in [0.717, 1.165) is 89.5 Å². The fourth-order valence-electron chi connectivity index (χ4n) is 9.20. The first-order valence-electron chi connectivity index (χ1n) is 21.1. The van der Waals surface area contributed by atoms with Crippen molar-refractivity contribution < 1.29 is 4.42 Å². The third-order valence-corrected chi connectivity index (χ3v) is 13.3. The predicted molar refractivity (Wildman–Crippen MR) is 257 cm³/mol. The minimum atomic E-state index is 0.537. The number of aromatic nitrogens is 6. The molecule has 1 aliphatic rings. The van der Waals surface area contributed by atoms with Gasteiger partial charge in [0.1, 0.15) is 11.2 Å². The number of aryl methyl sites for hydroxylation is 1. The van der Waals surface area contributed by atoms with Crippen molar-refractivity contribution in [2.24, 2.45) is 0 Å². The highest BCUT2D eigenvalue weighted by Gasteiger charge is 2.23. The number of allylic oxidation sites excluding steroid dienone is 1. The highest BCUT2D eigenvalue weighted by molar-refractivity contribution is 7.26. The first-order valence-corrected chi connectivity index (χ1v) is 22.0. The molecular weight excluding hydrogens is 793 g/mol. The summed E-state index contributed by atoms with van der Waals surface area (Å²) in [5.74, 6) is 2.37. The molecule has 7 aromatic carbocycles. The lowest BCUT2D eigenvalue weighted by atomic mass is 10.00. The van der Waals surface area contributed by atoms with E-state index in [0.29, 0.717) is 28.9 Å². The topological polar surface area (TPSA) is 82.5 Å². The smallest absolute Gasteiger partial charge is 0.167 e. The van der Waals surface area contributed by atoms with Crippen molar-refractivity contribution in [2.75, 3.05) is 0 Å². The second-order valence-corrected chi connectivity index (χ2v) is 17.0. The molecule has 63 heavy (non-hydrogen) atoms. The standard InChI is InChI=1S/C55H34N6OS/c1-4-15-33(16-5-1)48-51-49(42-22-11-13-26-47(42)63-51)57-53(56-48)36-28-30-40-41-23-14-24-43(50(41)62-46(40)32-36)55-59-52(34-17-6-2-7-18-34)58-54(60-55)35-27-29-39-38-21-10-12-25-44(38)61(45(39)31-35)37-19-8-3-9-20-37/h1-9,11-20,22-32H,10,21H2. The van der Waals surface area contributed by atoms with Gasteiger partial charge in [-0.2, -0.15) is 0 Å². The Morgan fingerprint density at radius 1 is 0.508 bits per heavy atom. The molecule has 12 aromatic rings. The molecule has 0 saturated heterocycles. The molecule has 8 heteroatoms. The van der Waals surface area contributed by atoms with Crippen LogP contribution < -0.4 is 0 Å². The molecular formula is C55H34N6OS. The molecule has 0 fully saturated rings. The van der Waals surface area contributed by atoms with Gasteiger partial charge in [-0.3, -0.25) is 0 Å². The third-order valence-electron chi connectivity index (χ3n) is 12.2. The van der Waals surface area contributed by atoms with Crippen molar-refractivity contribution in [1.82, 2.24) is 29.5 Å². The van der Waals surface area contributed by atoms with Gasteiger partial charge < -0.3 is 8.98 Å². The van der Waals surface area contributed by atoms with E-state index in [1.165, 1.54) is 21.3 Å². The van der Waals surface area contributed by atoms with Gasteiger partial charge in [-0.25, -0.2) is 24.9 Å². The fraction of sp³-hybridized carbons (Fsp3) is 0.0364. The Hall–Kier alpha value is -8.07. The van der Waals surface area contributed by atoms with E-state index in [9.17, 15) is 0 Å². The van der Waals surface area contributed by atoms with Gasteiger partial charge in [0, 0.05) is 59.9 Å². The first-order chi connectivity index (χ1) is 31.2. The van der Waals surface area contributed by atoms with Crippen LogP contribution in [0.2, 0.25) is 0 Å². The maximum atomic E-state index is 6.85. The molecule has 0 atom stereocenters. The number of furan rings is 1. The van der Waals surface area contributed by atoms with Crippen LogP contribution in [0.3, 0.4) is 0 Å². The summed E-state index contributed by atoms with van der Waals surface area (Å²) in [6.45, 7) is 0. The van der Waals surface area contributed by atoms with E-state index < -0.39 is 0 Å². The number of hydrogen-bond acceptors (Lipinski definition) is 7.